The van der Waals surface area contributed by atoms with E-state index in [0.717, 1.165) is 11.3 Å². The molecular formula is C12H8ClN3O3S. The lowest BCUT2D eigenvalue weighted by Gasteiger charge is -2.27. The molecule has 3 rings (SSSR count). The maximum atomic E-state index is 12.0. The number of nitrogens with one attached hydrogen (secondary N) is 2. The number of thiophene rings is 1. The molecule has 2 aromatic rings. The highest BCUT2D eigenvalue weighted by molar-refractivity contribution is 7.15. The van der Waals surface area contributed by atoms with E-state index in [1.54, 1.807) is 24.3 Å². The van der Waals surface area contributed by atoms with E-state index < -0.39 is 11.1 Å². The van der Waals surface area contributed by atoms with Crippen LogP contribution in [0.5, 0.6) is 0 Å². The highest BCUT2D eigenvalue weighted by atomic mass is 35.5. The predicted molar refractivity (Wildman–Crippen MR) is 76.3 cm³/mol. The maximum absolute atomic E-state index is 12.0. The monoisotopic (exact) mass is 309 g/mol. The third-order valence-electron chi connectivity index (χ3n) is 2.88. The van der Waals surface area contributed by atoms with Gasteiger partial charge in [0.1, 0.15) is 6.17 Å². The number of hydrogen-bond acceptors (Lipinski definition) is 5. The van der Waals surface area contributed by atoms with Gasteiger partial charge in [-0.25, -0.2) is 0 Å². The first-order valence-corrected chi connectivity index (χ1v) is 6.85. The molecule has 0 fully saturated rings. The van der Waals surface area contributed by atoms with Crippen molar-refractivity contribution >= 4 is 39.5 Å². The molecule has 0 bridgehead atoms. The van der Waals surface area contributed by atoms with Gasteiger partial charge in [-0.15, -0.1) is 0 Å². The van der Waals surface area contributed by atoms with E-state index in [-0.39, 0.29) is 10.9 Å². The van der Waals surface area contributed by atoms with Crippen molar-refractivity contribution in [3.05, 3.63) is 55.9 Å². The number of halogens is 1. The van der Waals surface area contributed by atoms with E-state index in [4.69, 9.17) is 11.6 Å². The minimum atomic E-state index is -0.477. The maximum Gasteiger partial charge on any atom is 0.324 e. The van der Waals surface area contributed by atoms with Crippen molar-refractivity contribution in [1.82, 2.24) is 5.32 Å². The first-order chi connectivity index (χ1) is 9.54. The predicted octanol–water partition coefficient (Wildman–Crippen LogP) is 3.16. The fourth-order valence-electron chi connectivity index (χ4n) is 1.97. The first kappa shape index (κ1) is 12.9. The topological polar surface area (TPSA) is 84.3 Å². The molecule has 8 heteroatoms. The molecule has 20 heavy (non-hydrogen) atoms. The smallest absolute Gasteiger partial charge is 0.324 e. The van der Waals surface area contributed by atoms with Crippen LogP contribution in [0.3, 0.4) is 0 Å². The van der Waals surface area contributed by atoms with E-state index in [2.05, 4.69) is 10.6 Å². The quantitative estimate of drug-likeness (QED) is 0.659. The summed E-state index contributed by atoms with van der Waals surface area (Å²) in [6.07, 6.45) is -0.477. The van der Waals surface area contributed by atoms with Crippen molar-refractivity contribution in [2.45, 2.75) is 6.17 Å². The molecule has 0 saturated carbocycles. The summed E-state index contributed by atoms with van der Waals surface area (Å²) in [7, 11) is 0. The lowest BCUT2D eigenvalue weighted by Crippen LogP contribution is -2.37. The molecule has 1 amide bonds. The van der Waals surface area contributed by atoms with E-state index in [0.29, 0.717) is 21.2 Å². The Morgan fingerprint density at radius 2 is 2.05 bits per heavy atom. The number of anilines is 1. The van der Waals surface area contributed by atoms with Crippen molar-refractivity contribution in [3.63, 3.8) is 0 Å². The van der Waals surface area contributed by atoms with Crippen LogP contribution in [-0.2, 0) is 0 Å². The van der Waals surface area contributed by atoms with E-state index in [1.165, 1.54) is 6.07 Å². The Bertz CT molecular complexity index is 716. The molecule has 102 valence electrons. The average molecular weight is 310 g/mol. The molecular weight excluding hydrogens is 302 g/mol. The molecule has 6 nitrogen and oxygen atoms in total. The standard InChI is InChI=1S/C12H8ClN3O3S/c13-6-1-2-8-7(5-6)12(17)15-11(14-8)9-3-4-10(20-9)16(18)19/h1-5,11,14H,(H,15,17). The van der Waals surface area contributed by atoms with Gasteiger partial charge < -0.3 is 10.6 Å². The van der Waals surface area contributed by atoms with Gasteiger partial charge in [-0.2, -0.15) is 0 Å². The Morgan fingerprint density at radius 3 is 2.75 bits per heavy atom. The van der Waals surface area contributed by atoms with Gasteiger partial charge in [-0.05, 0) is 24.3 Å². The third-order valence-corrected chi connectivity index (χ3v) is 4.22. The minimum absolute atomic E-state index is 0.0398. The molecule has 2 N–H and O–H groups in total. The van der Waals surface area contributed by atoms with Crippen LogP contribution >= 0.6 is 22.9 Å². The van der Waals surface area contributed by atoms with Crippen molar-refractivity contribution < 1.29 is 9.72 Å². The van der Waals surface area contributed by atoms with E-state index in [1.807, 2.05) is 0 Å². The summed E-state index contributed by atoms with van der Waals surface area (Å²) in [6.45, 7) is 0. The molecule has 1 unspecified atom stereocenters. The molecule has 0 spiro atoms. The third kappa shape index (κ3) is 2.21. The highest BCUT2D eigenvalue weighted by Crippen LogP contribution is 2.33. The fraction of sp³-hybridized carbons (Fsp3) is 0.0833. The Hall–Kier alpha value is -2.12. The van der Waals surface area contributed by atoms with E-state index >= 15 is 0 Å². The SMILES string of the molecule is O=C1NC(c2ccc([N+](=O)[O-])s2)Nc2ccc(Cl)cc21. The number of benzene rings is 1. The van der Waals surface area contributed by atoms with Crippen LogP contribution < -0.4 is 10.6 Å². The number of rotatable bonds is 2. The summed E-state index contributed by atoms with van der Waals surface area (Å²) in [5.74, 6) is -0.262. The molecule has 0 radical (unpaired) electrons. The molecule has 2 heterocycles. The van der Waals surface area contributed by atoms with Crippen LogP contribution in [0.1, 0.15) is 21.4 Å². The largest absolute Gasteiger partial charge is 0.360 e. The van der Waals surface area contributed by atoms with Crippen molar-refractivity contribution in [3.8, 4) is 0 Å². The summed E-state index contributed by atoms with van der Waals surface area (Å²) < 4.78 is 0. The zero-order chi connectivity index (χ0) is 14.3. The Labute approximate surface area is 122 Å². The zero-order valence-electron chi connectivity index (χ0n) is 9.92. The summed E-state index contributed by atoms with van der Waals surface area (Å²) in [5.41, 5.74) is 1.11. The number of nitro groups is 1. The summed E-state index contributed by atoms with van der Waals surface area (Å²) in [4.78, 5) is 22.9. The van der Waals surface area contributed by atoms with Crippen LogP contribution in [-0.4, -0.2) is 10.8 Å². The normalized spacial score (nSPS) is 17.1. The number of nitrogens with zero attached hydrogens (tertiary/aromatic N) is 1. The van der Waals surface area contributed by atoms with Gasteiger partial charge in [-0.1, -0.05) is 22.9 Å². The van der Waals surface area contributed by atoms with Gasteiger partial charge in [0.05, 0.1) is 15.4 Å². The van der Waals surface area contributed by atoms with Gasteiger partial charge >= 0.3 is 5.00 Å². The summed E-state index contributed by atoms with van der Waals surface area (Å²) in [6, 6.07) is 8.02. The van der Waals surface area contributed by atoms with Crippen LogP contribution in [0.2, 0.25) is 5.02 Å². The number of amides is 1. The van der Waals surface area contributed by atoms with Gasteiger partial charge in [0.25, 0.3) is 5.91 Å². The second-order valence-electron chi connectivity index (χ2n) is 4.17. The van der Waals surface area contributed by atoms with Gasteiger partial charge in [-0.3, -0.25) is 14.9 Å². The fourth-order valence-corrected chi connectivity index (χ4v) is 2.96. The second kappa shape index (κ2) is 4.77. The highest BCUT2D eigenvalue weighted by Gasteiger charge is 2.26. The van der Waals surface area contributed by atoms with Crippen molar-refractivity contribution in [1.29, 1.82) is 0 Å². The lowest BCUT2D eigenvalue weighted by molar-refractivity contribution is -0.380. The number of carbonyl (C=O) groups excluding carboxylic acids is 1. The lowest BCUT2D eigenvalue weighted by atomic mass is 10.1. The Kier molecular flexibility index (Phi) is 3.07. The summed E-state index contributed by atoms with van der Waals surface area (Å²) in [5, 5.41) is 17.1. The van der Waals surface area contributed by atoms with Crippen LogP contribution in [0.15, 0.2) is 30.3 Å². The summed E-state index contributed by atoms with van der Waals surface area (Å²) >= 11 is 6.88. The van der Waals surface area contributed by atoms with Crippen LogP contribution in [0, 0.1) is 10.1 Å². The molecule has 0 aliphatic carbocycles. The molecule has 1 aromatic carbocycles. The van der Waals surface area contributed by atoms with Crippen molar-refractivity contribution in [2.75, 3.05) is 5.32 Å². The molecule has 1 aromatic heterocycles. The van der Waals surface area contributed by atoms with Gasteiger partial charge in [0, 0.05) is 16.8 Å². The molecule has 1 atom stereocenters. The minimum Gasteiger partial charge on any atom is -0.360 e. The van der Waals surface area contributed by atoms with E-state index in [9.17, 15) is 14.9 Å². The Morgan fingerprint density at radius 1 is 1.25 bits per heavy atom. The molecule has 0 saturated heterocycles. The zero-order valence-corrected chi connectivity index (χ0v) is 11.5. The molecule has 1 aliphatic heterocycles. The van der Waals surface area contributed by atoms with Crippen LogP contribution in [0.4, 0.5) is 10.7 Å². The average Bonchev–Trinajstić information content (AvgIpc) is 2.89. The molecule has 1 aliphatic rings. The van der Waals surface area contributed by atoms with Crippen LogP contribution in [0.25, 0.3) is 0 Å². The van der Waals surface area contributed by atoms with Crippen molar-refractivity contribution in [2.24, 2.45) is 0 Å². The number of hydrogen-bond donors (Lipinski definition) is 2. The van der Waals surface area contributed by atoms with Gasteiger partial charge in [0.15, 0.2) is 0 Å². The number of fused-ring (bicyclic) bond motifs is 1. The first-order valence-electron chi connectivity index (χ1n) is 5.65. The van der Waals surface area contributed by atoms with Gasteiger partial charge in [0.2, 0.25) is 0 Å². The Balaban J connectivity index is 1.92. The second-order valence-corrected chi connectivity index (χ2v) is 5.70. The number of carbonyl (C=O) groups is 1.